The molecule has 0 atom stereocenters. The molecular formula is C14H20N2O2. The fourth-order valence-corrected chi connectivity index (χ4v) is 1.95. The van der Waals surface area contributed by atoms with Crippen LogP contribution in [0.5, 0.6) is 0 Å². The minimum absolute atomic E-state index is 0.0673. The van der Waals surface area contributed by atoms with E-state index in [4.69, 9.17) is 4.74 Å². The summed E-state index contributed by atoms with van der Waals surface area (Å²) < 4.78 is 5.24. The number of hydrogen-bond acceptors (Lipinski definition) is 3. The van der Waals surface area contributed by atoms with Gasteiger partial charge in [0, 0.05) is 19.6 Å². The quantitative estimate of drug-likeness (QED) is 0.826. The Bertz CT molecular complexity index is 430. The lowest BCUT2D eigenvalue weighted by molar-refractivity contribution is -0.127. The fourth-order valence-electron chi connectivity index (χ4n) is 1.95. The number of rotatable bonds is 5. The first kappa shape index (κ1) is 13.1. The second-order valence-electron chi connectivity index (χ2n) is 4.84. The van der Waals surface area contributed by atoms with Gasteiger partial charge in [-0.15, -0.1) is 0 Å². The summed E-state index contributed by atoms with van der Waals surface area (Å²) in [4.78, 5) is 11.5. The number of carbonyl (C=O) groups excluding carboxylic acids is 1. The Labute approximate surface area is 108 Å². The van der Waals surface area contributed by atoms with Crippen LogP contribution in [-0.2, 0) is 29.2 Å². The molecule has 1 aromatic rings. The summed E-state index contributed by atoms with van der Waals surface area (Å²) in [5.74, 6) is -0.0673. The molecule has 0 saturated carbocycles. The second-order valence-corrected chi connectivity index (χ2v) is 4.84. The third-order valence-electron chi connectivity index (χ3n) is 2.94. The van der Waals surface area contributed by atoms with Gasteiger partial charge in [0.2, 0.25) is 5.91 Å². The molecule has 18 heavy (non-hydrogen) atoms. The van der Waals surface area contributed by atoms with Gasteiger partial charge in [-0.2, -0.15) is 0 Å². The molecule has 1 heterocycles. The van der Waals surface area contributed by atoms with Gasteiger partial charge in [-0.25, -0.2) is 0 Å². The summed E-state index contributed by atoms with van der Waals surface area (Å²) in [7, 11) is 0. The van der Waals surface area contributed by atoms with Crippen LogP contribution in [0.3, 0.4) is 0 Å². The molecule has 0 radical (unpaired) electrons. The summed E-state index contributed by atoms with van der Waals surface area (Å²) in [5.41, 5.74) is 3.82. The van der Waals surface area contributed by atoms with Gasteiger partial charge in [-0.05, 0) is 30.5 Å². The zero-order valence-corrected chi connectivity index (χ0v) is 11.0. The number of nitrogens with one attached hydrogen (secondary N) is 2. The van der Waals surface area contributed by atoms with Crippen LogP contribution >= 0.6 is 0 Å². The molecule has 0 aliphatic carbocycles. The van der Waals surface area contributed by atoms with Gasteiger partial charge in [-0.1, -0.05) is 18.2 Å². The van der Waals surface area contributed by atoms with Crippen LogP contribution < -0.4 is 10.6 Å². The largest absolute Gasteiger partial charge is 0.369 e. The molecule has 1 amide bonds. The normalized spacial score (nSPS) is 13.7. The standard InChI is InChI=1S/C14H20N2O2/c1-10(2)18-9-14(17)16-6-11-3-4-12-7-15-8-13(12)5-11/h3-5,10,15H,6-9H2,1-2H3,(H,16,17). The molecule has 1 aliphatic rings. The maximum absolute atomic E-state index is 11.5. The number of hydrogen-bond donors (Lipinski definition) is 2. The monoisotopic (exact) mass is 248 g/mol. The average molecular weight is 248 g/mol. The highest BCUT2D eigenvalue weighted by atomic mass is 16.5. The van der Waals surface area contributed by atoms with Crippen LogP contribution in [0.1, 0.15) is 30.5 Å². The molecule has 1 aromatic carbocycles. The first-order chi connectivity index (χ1) is 8.65. The van der Waals surface area contributed by atoms with Crippen molar-refractivity contribution in [3.8, 4) is 0 Å². The number of benzene rings is 1. The van der Waals surface area contributed by atoms with Crippen LogP contribution in [0.2, 0.25) is 0 Å². The van der Waals surface area contributed by atoms with E-state index < -0.39 is 0 Å². The Morgan fingerprint density at radius 1 is 1.39 bits per heavy atom. The van der Waals surface area contributed by atoms with Crippen LogP contribution in [0, 0.1) is 0 Å². The maximum Gasteiger partial charge on any atom is 0.246 e. The number of carbonyl (C=O) groups is 1. The molecule has 4 nitrogen and oxygen atoms in total. The summed E-state index contributed by atoms with van der Waals surface area (Å²) in [6.45, 7) is 6.40. The molecular weight excluding hydrogens is 228 g/mol. The lowest BCUT2D eigenvalue weighted by Crippen LogP contribution is -2.28. The van der Waals surface area contributed by atoms with Gasteiger partial charge in [0.05, 0.1) is 6.10 Å². The Kier molecular flexibility index (Phi) is 4.33. The van der Waals surface area contributed by atoms with Gasteiger partial charge in [-0.3, -0.25) is 4.79 Å². The molecule has 0 fully saturated rings. The first-order valence-electron chi connectivity index (χ1n) is 6.35. The van der Waals surface area contributed by atoms with E-state index in [-0.39, 0.29) is 18.6 Å². The smallest absolute Gasteiger partial charge is 0.246 e. The first-order valence-corrected chi connectivity index (χ1v) is 6.35. The van der Waals surface area contributed by atoms with E-state index >= 15 is 0 Å². The van der Waals surface area contributed by atoms with E-state index in [1.165, 1.54) is 11.1 Å². The van der Waals surface area contributed by atoms with Crippen molar-refractivity contribution in [2.75, 3.05) is 6.61 Å². The Morgan fingerprint density at radius 3 is 2.94 bits per heavy atom. The minimum Gasteiger partial charge on any atom is -0.369 e. The maximum atomic E-state index is 11.5. The lowest BCUT2D eigenvalue weighted by Gasteiger charge is -2.09. The van der Waals surface area contributed by atoms with Crippen LogP contribution in [0.4, 0.5) is 0 Å². The average Bonchev–Trinajstić information content (AvgIpc) is 2.81. The number of fused-ring (bicyclic) bond motifs is 1. The fraction of sp³-hybridized carbons (Fsp3) is 0.500. The van der Waals surface area contributed by atoms with Crippen molar-refractivity contribution in [1.82, 2.24) is 10.6 Å². The van der Waals surface area contributed by atoms with E-state index in [9.17, 15) is 4.79 Å². The molecule has 0 spiro atoms. The van der Waals surface area contributed by atoms with Gasteiger partial charge in [0.1, 0.15) is 6.61 Å². The molecule has 0 bridgehead atoms. The van der Waals surface area contributed by atoms with Gasteiger partial charge < -0.3 is 15.4 Å². The summed E-state index contributed by atoms with van der Waals surface area (Å²) >= 11 is 0. The molecule has 0 saturated heterocycles. The Balaban J connectivity index is 1.81. The highest BCUT2D eigenvalue weighted by molar-refractivity contribution is 5.77. The van der Waals surface area contributed by atoms with E-state index in [1.807, 2.05) is 13.8 Å². The predicted molar refractivity (Wildman–Crippen MR) is 69.9 cm³/mol. The molecule has 1 aliphatic heterocycles. The highest BCUT2D eigenvalue weighted by Gasteiger charge is 2.10. The summed E-state index contributed by atoms with van der Waals surface area (Å²) in [6.07, 6.45) is 0.0850. The van der Waals surface area contributed by atoms with E-state index in [2.05, 4.69) is 28.8 Å². The second kappa shape index (κ2) is 5.98. The molecule has 2 N–H and O–H groups in total. The third-order valence-corrected chi connectivity index (χ3v) is 2.94. The van der Waals surface area contributed by atoms with Crippen LogP contribution in [0.15, 0.2) is 18.2 Å². The SMILES string of the molecule is CC(C)OCC(=O)NCc1ccc2c(c1)CNC2. The van der Waals surface area contributed by atoms with Gasteiger partial charge in [0.25, 0.3) is 0 Å². The molecule has 2 rings (SSSR count). The molecule has 0 aromatic heterocycles. The Hall–Kier alpha value is -1.39. The van der Waals surface area contributed by atoms with Crippen LogP contribution in [0.25, 0.3) is 0 Å². The summed E-state index contributed by atoms with van der Waals surface area (Å²) in [6, 6.07) is 6.34. The van der Waals surface area contributed by atoms with Crippen molar-refractivity contribution in [3.63, 3.8) is 0 Å². The zero-order valence-electron chi connectivity index (χ0n) is 11.0. The van der Waals surface area contributed by atoms with Crippen molar-refractivity contribution < 1.29 is 9.53 Å². The zero-order chi connectivity index (χ0) is 13.0. The highest BCUT2D eigenvalue weighted by Crippen LogP contribution is 2.16. The van der Waals surface area contributed by atoms with Gasteiger partial charge in [0.15, 0.2) is 0 Å². The van der Waals surface area contributed by atoms with Crippen molar-refractivity contribution >= 4 is 5.91 Å². The van der Waals surface area contributed by atoms with Crippen molar-refractivity contribution in [2.24, 2.45) is 0 Å². The molecule has 4 heteroatoms. The van der Waals surface area contributed by atoms with E-state index in [0.717, 1.165) is 18.7 Å². The summed E-state index contributed by atoms with van der Waals surface area (Å²) in [5, 5.41) is 6.17. The van der Waals surface area contributed by atoms with Crippen molar-refractivity contribution in [1.29, 1.82) is 0 Å². The lowest BCUT2D eigenvalue weighted by atomic mass is 10.1. The number of amides is 1. The van der Waals surface area contributed by atoms with Crippen molar-refractivity contribution in [3.05, 3.63) is 34.9 Å². The van der Waals surface area contributed by atoms with Crippen molar-refractivity contribution in [2.45, 2.75) is 39.6 Å². The molecule has 0 unspecified atom stereocenters. The molecule has 98 valence electrons. The van der Waals surface area contributed by atoms with Crippen LogP contribution in [-0.4, -0.2) is 18.6 Å². The minimum atomic E-state index is -0.0673. The topological polar surface area (TPSA) is 50.4 Å². The van der Waals surface area contributed by atoms with E-state index in [1.54, 1.807) is 0 Å². The number of ether oxygens (including phenoxy) is 1. The van der Waals surface area contributed by atoms with E-state index in [0.29, 0.717) is 6.54 Å². The third kappa shape index (κ3) is 3.55. The van der Waals surface area contributed by atoms with Gasteiger partial charge >= 0.3 is 0 Å². The predicted octanol–water partition coefficient (Wildman–Crippen LogP) is 1.33. The Morgan fingerprint density at radius 2 is 2.17 bits per heavy atom.